The van der Waals surface area contributed by atoms with Crippen LogP contribution in [0.3, 0.4) is 0 Å². The van der Waals surface area contributed by atoms with E-state index in [0.29, 0.717) is 23.4 Å². The van der Waals surface area contributed by atoms with E-state index in [-0.39, 0.29) is 29.0 Å². The summed E-state index contributed by atoms with van der Waals surface area (Å²) < 4.78 is 26.3. The van der Waals surface area contributed by atoms with Crippen LogP contribution in [-0.2, 0) is 21.5 Å². The summed E-state index contributed by atoms with van der Waals surface area (Å²) in [6, 6.07) is 7.86. The maximum absolute atomic E-state index is 13.4. The average Bonchev–Trinajstić information content (AvgIpc) is 3.49. The van der Waals surface area contributed by atoms with Gasteiger partial charge in [0.05, 0.1) is 24.1 Å². The Morgan fingerprint density at radius 1 is 1.28 bits per heavy atom. The molecule has 0 bridgehead atoms. The lowest BCUT2D eigenvalue weighted by Crippen LogP contribution is -2.18. The second-order valence-corrected chi connectivity index (χ2v) is 9.66. The van der Waals surface area contributed by atoms with Crippen molar-refractivity contribution >= 4 is 23.6 Å². The van der Waals surface area contributed by atoms with Crippen molar-refractivity contribution in [3.05, 3.63) is 41.8 Å². The Balaban J connectivity index is 1.46. The predicted octanol–water partition coefficient (Wildman–Crippen LogP) is 4.28. The number of amides is 1. The van der Waals surface area contributed by atoms with Crippen molar-refractivity contribution < 1.29 is 18.4 Å². The topological polar surface area (TPSA) is 95.1 Å². The zero-order valence-corrected chi connectivity index (χ0v) is 19.1. The molecule has 1 N–H and O–H groups in total. The van der Waals surface area contributed by atoms with Gasteiger partial charge in [0.15, 0.2) is 11.0 Å². The van der Waals surface area contributed by atoms with Gasteiger partial charge in [0.1, 0.15) is 5.82 Å². The van der Waals surface area contributed by atoms with Crippen molar-refractivity contribution in [2.75, 3.05) is 17.7 Å². The molecule has 3 aromatic rings. The zero-order chi connectivity index (χ0) is 22.7. The normalized spacial score (nSPS) is 16.4. The van der Waals surface area contributed by atoms with Gasteiger partial charge in [0.25, 0.3) is 0 Å². The number of hydrogen-bond donors (Lipinski definition) is 1. The van der Waals surface area contributed by atoms with Crippen molar-refractivity contribution in [2.24, 2.45) is 0 Å². The minimum atomic E-state index is -0.313. The summed E-state index contributed by atoms with van der Waals surface area (Å²) in [5.41, 5.74) is 1.35. The molecule has 4 rings (SSSR count). The van der Waals surface area contributed by atoms with Gasteiger partial charge in [-0.3, -0.25) is 14.7 Å². The maximum Gasteiger partial charge on any atom is 0.237 e. The van der Waals surface area contributed by atoms with E-state index in [2.05, 4.69) is 20.7 Å². The van der Waals surface area contributed by atoms with E-state index >= 15 is 0 Å². The van der Waals surface area contributed by atoms with Crippen molar-refractivity contribution in [1.82, 2.24) is 19.9 Å². The summed E-state index contributed by atoms with van der Waals surface area (Å²) in [5.74, 6) is 0.509. The van der Waals surface area contributed by atoms with Gasteiger partial charge >= 0.3 is 0 Å². The SMILES string of the molecule is CC(C)(C)c1cc(NC(=O)CSc2nnc(-c3ccc(F)cc3)n2CC2CCCO2)on1. The molecule has 0 spiro atoms. The van der Waals surface area contributed by atoms with E-state index in [4.69, 9.17) is 9.26 Å². The molecular formula is C22H26FN5O3S. The number of anilines is 1. The molecule has 1 aliphatic rings. The number of ether oxygens (including phenoxy) is 1. The summed E-state index contributed by atoms with van der Waals surface area (Å²) in [4.78, 5) is 12.5. The summed E-state index contributed by atoms with van der Waals surface area (Å²) >= 11 is 1.27. The van der Waals surface area contributed by atoms with Crippen LogP contribution in [0.25, 0.3) is 11.4 Å². The molecule has 3 heterocycles. The van der Waals surface area contributed by atoms with Gasteiger partial charge in [-0.1, -0.05) is 37.7 Å². The van der Waals surface area contributed by atoms with Crippen LogP contribution >= 0.6 is 11.8 Å². The highest BCUT2D eigenvalue weighted by Crippen LogP contribution is 2.27. The van der Waals surface area contributed by atoms with Crippen LogP contribution < -0.4 is 5.32 Å². The Bertz CT molecular complexity index is 1070. The number of nitrogens with one attached hydrogen (secondary N) is 1. The Morgan fingerprint density at radius 2 is 2.06 bits per heavy atom. The molecule has 1 unspecified atom stereocenters. The third-order valence-corrected chi connectivity index (χ3v) is 6.07. The first-order valence-corrected chi connectivity index (χ1v) is 11.5. The molecule has 1 atom stereocenters. The Morgan fingerprint density at radius 3 is 2.72 bits per heavy atom. The number of rotatable bonds is 7. The summed E-state index contributed by atoms with van der Waals surface area (Å²) in [7, 11) is 0. The molecule has 8 nitrogen and oxygen atoms in total. The highest BCUT2D eigenvalue weighted by atomic mass is 32.2. The molecule has 1 fully saturated rings. The monoisotopic (exact) mass is 459 g/mol. The standard InChI is InChI=1S/C22H26FN5O3S/c1-22(2,3)17-11-19(31-27-17)24-18(29)13-32-21-26-25-20(14-6-8-15(23)9-7-14)28(21)12-16-5-4-10-30-16/h6-9,11,16H,4-5,10,12-13H2,1-3H3,(H,24,29). The van der Waals surface area contributed by atoms with Gasteiger partial charge in [-0.2, -0.15) is 0 Å². The number of carbonyl (C=O) groups is 1. The highest BCUT2D eigenvalue weighted by Gasteiger charge is 2.23. The molecule has 1 saturated heterocycles. The molecule has 1 aliphatic heterocycles. The van der Waals surface area contributed by atoms with Crippen LogP contribution in [0.15, 0.2) is 40.0 Å². The number of hydrogen-bond acceptors (Lipinski definition) is 7. The highest BCUT2D eigenvalue weighted by molar-refractivity contribution is 7.99. The fourth-order valence-electron chi connectivity index (χ4n) is 3.36. The maximum atomic E-state index is 13.4. The van der Waals surface area contributed by atoms with E-state index in [0.717, 1.165) is 30.7 Å². The van der Waals surface area contributed by atoms with Crippen LogP contribution in [0.4, 0.5) is 10.3 Å². The molecule has 10 heteroatoms. The third kappa shape index (κ3) is 5.36. The minimum Gasteiger partial charge on any atom is -0.376 e. The number of carbonyl (C=O) groups excluding carboxylic acids is 1. The first-order chi connectivity index (χ1) is 15.3. The molecule has 0 aliphatic carbocycles. The number of benzene rings is 1. The van der Waals surface area contributed by atoms with Gasteiger partial charge in [-0.05, 0) is 37.1 Å². The van der Waals surface area contributed by atoms with Gasteiger partial charge in [0.2, 0.25) is 11.8 Å². The molecule has 0 radical (unpaired) electrons. The molecule has 32 heavy (non-hydrogen) atoms. The van der Waals surface area contributed by atoms with E-state index in [1.54, 1.807) is 18.2 Å². The largest absolute Gasteiger partial charge is 0.376 e. The zero-order valence-electron chi connectivity index (χ0n) is 18.3. The summed E-state index contributed by atoms with van der Waals surface area (Å²) in [6.07, 6.45) is 2.02. The van der Waals surface area contributed by atoms with E-state index in [1.807, 2.05) is 25.3 Å². The Kier molecular flexibility index (Phi) is 6.61. The number of halogens is 1. The Labute approximate surface area is 189 Å². The second-order valence-electron chi connectivity index (χ2n) is 8.72. The van der Waals surface area contributed by atoms with Gasteiger partial charge in [-0.15, -0.1) is 10.2 Å². The fraction of sp³-hybridized carbons (Fsp3) is 0.455. The van der Waals surface area contributed by atoms with E-state index in [1.165, 1.54) is 23.9 Å². The number of thioether (sulfide) groups is 1. The fourth-order valence-corrected chi connectivity index (χ4v) is 4.10. The van der Waals surface area contributed by atoms with Gasteiger partial charge in [-0.25, -0.2) is 4.39 Å². The second kappa shape index (κ2) is 9.41. The minimum absolute atomic E-state index is 0.0587. The van der Waals surface area contributed by atoms with E-state index in [9.17, 15) is 9.18 Å². The Hall–Kier alpha value is -2.72. The molecule has 1 amide bonds. The number of aromatic nitrogens is 4. The molecule has 2 aromatic heterocycles. The molecule has 1 aromatic carbocycles. The first-order valence-electron chi connectivity index (χ1n) is 10.5. The van der Waals surface area contributed by atoms with E-state index < -0.39 is 0 Å². The van der Waals surface area contributed by atoms with Crippen LogP contribution in [0, 0.1) is 5.82 Å². The third-order valence-electron chi connectivity index (χ3n) is 5.10. The van der Waals surface area contributed by atoms with Crippen molar-refractivity contribution in [1.29, 1.82) is 0 Å². The van der Waals surface area contributed by atoms with Gasteiger partial charge in [0, 0.05) is 23.7 Å². The lowest BCUT2D eigenvalue weighted by molar-refractivity contribution is -0.113. The number of nitrogens with zero attached hydrogens (tertiary/aromatic N) is 4. The molecule has 0 saturated carbocycles. The van der Waals surface area contributed by atoms with Crippen LogP contribution in [0.2, 0.25) is 0 Å². The molecular weight excluding hydrogens is 433 g/mol. The van der Waals surface area contributed by atoms with Crippen LogP contribution in [0.1, 0.15) is 39.3 Å². The average molecular weight is 460 g/mol. The lowest BCUT2D eigenvalue weighted by Gasteiger charge is -2.14. The molecule has 170 valence electrons. The van der Waals surface area contributed by atoms with Crippen LogP contribution in [-0.4, -0.2) is 44.3 Å². The van der Waals surface area contributed by atoms with Crippen molar-refractivity contribution in [3.8, 4) is 11.4 Å². The predicted molar refractivity (Wildman–Crippen MR) is 119 cm³/mol. The lowest BCUT2D eigenvalue weighted by atomic mass is 9.92. The summed E-state index contributed by atoms with van der Waals surface area (Å²) in [6.45, 7) is 7.36. The summed E-state index contributed by atoms with van der Waals surface area (Å²) in [5, 5.41) is 15.9. The van der Waals surface area contributed by atoms with Crippen molar-refractivity contribution in [2.45, 2.75) is 56.8 Å². The quantitative estimate of drug-likeness (QED) is 0.527. The van der Waals surface area contributed by atoms with Gasteiger partial charge < -0.3 is 9.26 Å². The smallest absolute Gasteiger partial charge is 0.237 e. The van der Waals surface area contributed by atoms with Crippen molar-refractivity contribution in [3.63, 3.8) is 0 Å². The van der Waals surface area contributed by atoms with Crippen LogP contribution in [0.5, 0.6) is 0 Å². The first kappa shape index (κ1) is 22.5.